The minimum Gasteiger partial charge on any atom is -0.492 e. The molecule has 2 aromatic rings. The number of fused-ring (bicyclic) bond motifs is 1. The Balaban J connectivity index is 1.60. The highest BCUT2D eigenvalue weighted by atomic mass is 79.9. The Labute approximate surface area is 134 Å². The number of benzene rings is 2. The Bertz CT molecular complexity index is 609. The molecule has 0 spiro atoms. The molecular formula is C18H20BrNO. The normalized spacial score (nSPS) is 13.9. The van der Waals surface area contributed by atoms with Crippen LogP contribution in [0.25, 0.3) is 0 Å². The van der Waals surface area contributed by atoms with Crippen molar-refractivity contribution in [3.8, 4) is 5.75 Å². The van der Waals surface area contributed by atoms with Crippen molar-refractivity contribution >= 4 is 21.6 Å². The first-order chi connectivity index (χ1) is 10.2. The topological polar surface area (TPSA) is 12.5 Å². The molecule has 2 nitrogen and oxygen atoms in total. The number of anilines is 1. The van der Waals surface area contributed by atoms with Gasteiger partial charge in [-0.25, -0.2) is 0 Å². The first-order valence-corrected chi connectivity index (χ1v) is 8.24. The molecule has 0 atom stereocenters. The summed E-state index contributed by atoms with van der Waals surface area (Å²) in [7, 11) is 0. The van der Waals surface area contributed by atoms with Crippen molar-refractivity contribution in [2.45, 2.75) is 19.8 Å². The molecule has 0 saturated heterocycles. The molecule has 0 fully saturated rings. The van der Waals surface area contributed by atoms with Gasteiger partial charge in [-0.15, -0.1) is 0 Å². The maximum absolute atomic E-state index is 5.84. The molecular weight excluding hydrogens is 326 g/mol. The molecule has 0 unspecified atom stereocenters. The molecule has 0 amide bonds. The number of halogens is 1. The highest BCUT2D eigenvalue weighted by Crippen LogP contribution is 2.27. The van der Waals surface area contributed by atoms with Crippen LogP contribution in [0.1, 0.15) is 17.5 Å². The highest BCUT2D eigenvalue weighted by molar-refractivity contribution is 9.10. The monoisotopic (exact) mass is 345 g/mol. The van der Waals surface area contributed by atoms with Crippen molar-refractivity contribution < 1.29 is 4.74 Å². The highest BCUT2D eigenvalue weighted by Gasteiger charge is 2.16. The number of hydrogen-bond acceptors (Lipinski definition) is 2. The van der Waals surface area contributed by atoms with Crippen LogP contribution in [0.3, 0.4) is 0 Å². The van der Waals surface area contributed by atoms with Gasteiger partial charge < -0.3 is 9.64 Å². The molecule has 0 radical (unpaired) electrons. The third-order valence-electron chi connectivity index (χ3n) is 3.89. The maximum atomic E-state index is 5.84. The summed E-state index contributed by atoms with van der Waals surface area (Å²) in [6.45, 7) is 4.94. The zero-order valence-electron chi connectivity index (χ0n) is 12.3. The fourth-order valence-corrected chi connectivity index (χ4v) is 3.10. The summed E-state index contributed by atoms with van der Waals surface area (Å²) in [6.07, 6.45) is 2.43. The van der Waals surface area contributed by atoms with Gasteiger partial charge in [-0.3, -0.25) is 0 Å². The maximum Gasteiger partial charge on any atom is 0.119 e. The third kappa shape index (κ3) is 3.59. The molecule has 0 N–H and O–H groups in total. The van der Waals surface area contributed by atoms with Gasteiger partial charge in [0.25, 0.3) is 0 Å². The lowest BCUT2D eigenvalue weighted by Gasteiger charge is -2.31. The minimum absolute atomic E-state index is 0.717. The van der Waals surface area contributed by atoms with Crippen molar-refractivity contribution in [2.75, 3.05) is 24.6 Å². The second-order valence-corrected chi connectivity index (χ2v) is 6.44. The average molecular weight is 346 g/mol. The Morgan fingerprint density at radius 3 is 2.76 bits per heavy atom. The average Bonchev–Trinajstić information content (AvgIpc) is 2.49. The van der Waals surface area contributed by atoms with Gasteiger partial charge in [-0.1, -0.05) is 33.6 Å². The van der Waals surface area contributed by atoms with E-state index in [-0.39, 0.29) is 0 Å². The van der Waals surface area contributed by atoms with E-state index in [4.69, 9.17) is 4.74 Å². The Kier molecular flexibility index (Phi) is 4.49. The summed E-state index contributed by atoms with van der Waals surface area (Å²) in [4.78, 5) is 2.44. The van der Waals surface area contributed by atoms with Gasteiger partial charge in [0.05, 0.1) is 6.54 Å². The van der Waals surface area contributed by atoms with Crippen LogP contribution in [-0.2, 0) is 6.42 Å². The minimum atomic E-state index is 0.717. The second kappa shape index (κ2) is 6.52. The number of nitrogens with zero attached hydrogens (tertiary/aromatic N) is 1. The Morgan fingerprint density at radius 1 is 1.14 bits per heavy atom. The van der Waals surface area contributed by atoms with E-state index in [0.29, 0.717) is 0 Å². The quantitative estimate of drug-likeness (QED) is 0.803. The molecule has 110 valence electrons. The van der Waals surface area contributed by atoms with Gasteiger partial charge in [0.1, 0.15) is 12.4 Å². The van der Waals surface area contributed by atoms with Gasteiger partial charge in [0, 0.05) is 16.7 Å². The fraction of sp³-hybridized carbons (Fsp3) is 0.333. The zero-order valence-corrected chi connectivity index (χ0v) is 13.9. The molecule has 1 aliphatic heterocycles. The van der Waals surface area contributed by atoms with Crippen LogP contribution in [-0.4, -0.2) is 19.7 Å². The van der Waals surface area contributed by atoms with Crippen molar-refractivity contribution in [3.05, 3.63) is 58.1 Å². The van der Waals surface area contributed by atoms with Crippen molar-refractivity contribution in [3.63, 3.8) is 0 Å². The summed E-state index contributed by atoms with van der Waals surface area (Å²) < 4.78 is 6.92. The van der Waals surface area contributed by atoms with E-state index in [1.54, 1.807) is 0 Å². The molecule has 0 aliphatic carbocycles. The lowest BCUT2D eigenvalue weighted by Crippen LogP contribution is -2.33. The van der Waals surface area contributed by atoms with Crippen molar-refractivity contribution in [2.24, 2.45) is 0 Å². The molecule has 3 rings (SSSR count). The SMILES string of the molecule is Cc1ccc2c(c1)CCCN2CCOc1ccc(Br)cc1. The van der Waals surface area contributed by atoms with E-state index < -0.39 is 0 Å². The van der Waals surface area contributed by atoms with Crippen molar-refractivity contribution in [1.29, 1.82) is 0 Å². The zero-order chi connectivity index (χ0) is 14.7. The van der Waals surface area contributed by atoms with Gasteiger partial charge in [-0.2, -0.15) is 0 Å². The number of rotatable bonds is 4. The van der Waals surface area contributed by atoms with Crippen LogP contribution in [0.5, 0.6) is 5.75 Å². The van der Waals surface area contributed by atoms with Crippen molar-refractivity contribution in [1.82, 2.24) is 0 Å². The van der Waals surface area contributed by atoms with Gasteiger partial charge in [0.15, 0.2) is 0 Å². The number of aryl methyl sites for hydroxylation is 2. The summed E-state index contributed by atoms with van der Waals surface area (Å²) in [5.74, 6) is 0.930. The van der Waals surface area contributed by atoms with E-state index in [9.17, 15) is 0 Å². The lowest BCUT2D eigenvalue weighted by atomic mass is 10.00. The Morgan fingerprint density at radius 2 is 1.95 bits per heavy atom. The standard InChI is InChI=1S/C18H20BrNO/c1-14-4-9-18-15(13-14)3-2-10-20(18)11-12-21-17-7-5-16(19)6-8-17/h4-9,13H,2-3,10-12H2,1H3. The summed E-state index contributed by atoms with van der Waals surface area (Å²) in [5, 5.41) is 0. The third-order valence-corrected chi connectivity index (χ3v) is 4.42. The van der Waals surface area contributed by atoms with Crippen LogP contribution < -0.4 is 9.64 Å². The number of hydrogen-bond donors (Lipinski definition) is 0. The largest absolute Gasteiger partial charge is 0.492 e. The molecule has 0 bridgehead atoms. The lowest BCUT2D eigenvalue weighted by molar-refractivity contribution is 0.322. The van der Waals surface area contributed by atoms with Crippen LogP contribution >= 0.6 is 15.9 Å². The summed E-state index contributed by atoms with van der Waals surface area (Å²) in [6, 6.07) is 14.8. The van der Waals surface area contributed by atoms with E-state index >= 15 is 0 Å². The molecule has 21 heavy (non-hydrogen) atoms. The van der Waals surface area contributed by atoms with Gasteiger partial charge >= 0.3 is 0 Å². The second-order valence-electron chi connectivity index (χ2n) is 5.53. The molecule has 2 aromatic carbocycles. The first-order valence-electron chi connectivity index (χ1n) is 7.45. The van der Waals surface area contributed by atoms with Crippen LogP contribution in [0.15, 0.2) is 46.9 Å². The van der Waals surface area contributed by atoms with E-state index in [1.165, 1.54) is 29.7 Å². The molecule has 0 saturated carbocycles. The molecule has 1 heterocycles. The van der Waals surface area contributed by atoms with Gasteiger partial charge in [0.2, 0.25) is 0 Å². The van der Waals surface area contributed by atoms with E-state index in [1.807, 2.05) is 24.3 Å². The predicted molar refractivity (Wildman–Crippen MR) is 91.4 cm³/mol. The predicted octanol–water partition coefficient (Wildman–Crippen LogP) is 4.59. The van der Waals surface area contributed by atoms with Crippen LogP contribution in [0, 0.1) is 6.92 Å². The summed E-state index contributed by atoms with van der Waals surface area (Å²) >= 11 is 3.44. The molecule has 3 heteroatoms. The van der Waals surface area contributed by atoms with Crippen LogP contribution in [0.2, 0.25) is 0 Å². The van der Waals surface area contributed by atoms with E-state index in [2.05, 4.69) is 46.0 Å². The smallest absolute Gasteiger partial charge is 0.119 e. The number of ether oxygens (including phenoxy) is 1. The fourth-order valence-electron chi connectivity index (χ4n) is 2.84. The summed E-state index contributed by atoms with van der Waals surface area (Å²) in [5.41, 5.74) is 4.21. The molecule has 0 aromatic heterocycles. The first kappa shape index (κ1) is 14.5. The van der Waals surface area contributed by atoms with Crippen LogP contribution in [0.4, 0.5) is 5.69 Å². The van der Waals surface area contributed by atoms with E-state index in [0.717, 1.165) is 29.9 Å². The molecule has 1 aliphatic rings. The van der Waals surface area contributed by atoms with Gasteiger partial charge in [-0.05, 0) is 55.7 Å². The Hall–Kier alpha value is -1.48.